The van der Waals surface area contributed by atoms with Crippen LogP contribution in [0.3, 0.4) is 0 Å². The molecule has 7 heteroatoms. The summed E-state index contributed by atoms with van der Waals surface area (Å²) in [6.07, 6.45) is 3.96. The predicted molar refractivity (Wildman–Crippen MR) is 146 cm³/mol. The Kier molecular flexibility index (Phi) is 9.49. The first-order valence-corrected chi connectivity index (χ1v) is 13.2. The number of hydrogen-bond acceptors (Lipinski definition) is 5. The first kappa shape index (κ1) is 28.5. The van der Waals surface area contributed by atoms with Crippen LogP contribution in [0.1, 0.15) is 49.0 Å². The van der Waals surface area contributed by atoms with E-state index in [1.165, 1.54) is 12.1 Å². The monoisotopic (exact) mass is 536 g/mol. The summed E-state index contributed by atoms with van der Waals surface area (Å²) in [5.41, 5.74) is 2.45. The van der Waals surface area contributed by atoms with Gasteiger partial charge >= 0.3 is 5.97 Å². The van der Waals surface area contributed by atoms with Gasteiger partial charge in [-0.2, -0.15) is 0 Å². The van der Waals surface area contributed by atoms with Crippen LogP contribution >= 0.6 is 0 Å². The summed E-state index contributed by atoms with van der Waals surface area (Å²) < 4.78 is 44.2. The zero-order valence-electron chi connectivity index (χ0n) is 22.1. The lowest BCUT2D eigenvalue weighted by Gasteiger charge is -2.17. The molecule has 2 unspecified atom stereocenters. The SMILES string of the molecule is CC(O)O[C@@H]1CC(/C=C/CCOc2cccc(C(C)(F)F)c2)[C@H](OC(=O)c2ccc(-c3ccccc3)cc2)C1. The maximum Gasteiger partial charge on any atom is 0.338 e. The average molecular weight is 537 g/mol. The summed E-state index contributed by atoms with van der Waals surface area (Å²) in [5.74, 6) is -3.04. The highest BCUT2D eigenvalue weighted by molar-refractivity contribution is 5.90. The second-order valence-corrected chi connectivity index (χ2v) is 9.86. The molecule has 39 heavy (non-hydrogen) atoms. The molecule has 1 aliphatic rings. The highest BCUT2D eigenvalue weighted by Crippen LogP contribution is 2.34. The molecule has 1 fully saturated rings. The summed E-state index contributed by atoms with van der Waals surface area (Å²) in [7, 11) is 0. The zero-order chi connectivity index (χ0) is 27.8. The van der Waals surface area contributed by atoms with Gasteiger partial charge in [-0.1, -0.05) is 66.7 Å². The van der Waals surface area contributed by atoms with Crippen LogP contribution in [-0.2, 0) is 15.4 Å². The number of esters is 1. The molecule has 206 valence electrons. The molecule has 1 aliphatic carbocycles. The van der Waals surface area contributed by atoms with Gasteiger partial charge in [-0.05, 0) is 55.2 Å². The number of aliphatic hydroxyl groups is 1. The molecule has 0 saturated heterocycles. The lowest BCUT2D eigenvalue weighted by atomic mass is 10.0. The third-order valence-corrected chi connectivity index (χ3v) is 6.66. The smallest absolute Gasteiger partial charge is 0.338 e. The Balaban J connectivity index is 1.34. The molecule has 4 rings (SSSR count). The van der Waals surface area contributed by atoms with Crippen LogP contribution in [0.15, 0.2) is 91.0 Å². The molecule has 3 aromatic carbocycles. The van der Waals surface area contributed by atoms with Gasteiger partial charge in [0.05, 0.1) is 18.3 Å². The average Bonchev–Trinajstić information content (AvgIpc) is 3.28. The van der Waals surface area contributed by atoms with Gasteiger partial charge in [0.15, 0.2) is 6.29 Å². The molecule has 3 aromatic rings. The number of ether oxygens (including phenoxy) is 3. The predicted octanol–water partition coefficient (Wildman–Crippen LogP) is 7.15. The fourth-order valence-electron chi connectivity index (χ4n) is 4.72. The van der Waals surface area contributed by atoms with E-state index in [0.29, 0.717) is 37.2 Å². The number of carbonyl (C=O) groups is 1. The molecule has 0 heterocycles. The van der Waals surface area contributed by atoms with Crippen LogP contribution in [0.25, 0.3) is 11.1 Å². The Labute approximate surface area is 228 Å². The maximum absolute atomic E-state index is 13.6. The molecule has 0 radical (unpaired) electrons. The highest BCUT2D eigenvalue weighted by atomic mass is 19.3. The Morgan fingerprint density at radius 3 is 2.44 bits per heavy atom. The van der Waals surface area contributed by atoms with Crippen LogP contribution in [0.2, 0.25) is 0 Å². The van der Waals surface area contributed by atoms with Gasteiger partial charge in [0, 0.05) is 24.8 Å². The van der Waals surface area contributed by atoms with Crippen molar-refractivity contribution in [3.05, 3.63) is 102 Å². The van der Waals surface area contributed by atoms with Crippen molar-refractivity contribution in [2.75, 3.05) is 6.61 Å². The second-order valence-electron chi connectivity index (χ2n) is 9.86. The lowest BCUT2D eigenvalue weighted by Crippen LogP contribution is -2.22. The number of benzene rings is 3. The van der Waals surface area contributed by atoms with Gasteiger partial charge < -0.3 is 19.3 Å². The van der Waals surface area contributed by atoms with Gasteiger partial charge in [0.2, 0.25) is 0 Å². The molecule has 1 N–H and O–H groups in total. The van der Waals surface area contributed by atoms with Crippen molar-refractivity contribution in [1.82, 2.24) is 0 Å². The van der Waals surface area contributed by atoms with Crippen molar-refractivity contribution in [3.63, 3.8) is 0 Å². The van der Waals surface area contributed by atoms with Gasteiger partial charge in [-0.25, -0.2) is 13.6 Å². The third kappa shape index (κ3) is 8.22. The molecule has 0 aliphatic heterocycles. The quantitative estimate of drug-likeness (QED) is 0.122. The molecular weight excluding hydrogens is 502 g/mol. The Bertz CT molecular complexity index is 1240. The molecule has 0 amide bonds. The van der Waals surface area contributed by atoms with E-state index in [4.69, 9.17) is 14.2 Å². The molecule has 0 spiro atoms. The summed E-state index contributed by atoms with van der Waals surface area (Å²) in [6.45, 7) is 2.72. The summed E-state index contributed by atoms with van der Waals surface area (Å²) >= 11 is 0. The molecule has 5 nitrogen and oxygen atoms in total. The van der Waals surface area contributed by atoms with E-state index >= 15 is 0 Å². The number of aliphatic hydroxyl groups excluding tert-OH is 1. The van der Waals surface area contributed by atoms with Crippen LogP contribution in [0.5, 0.6) is 5.75 Å². The van der Waals surface area contributed by atoms with Crippen molar-refractivity contribution in [2.24, 2.45) is 5.92 Å². The van der Waals surface area contributed by atoms with Crippen molar-refractivity contribution < 1.29 is 32.9 Å². The molecule has 0 bridgehead atoms. The lowest BCUT2D eigenvalue weighted by molar-refractivity contribution is -0.123. The number of rotatable bonds is 11. The summed E-state index contributed by atoms with van der Waals surface area (Å²) in [6, 6.07) is 23.1. The van der Waals surface area contributed by atoms with E-state index < -0.39 is 24.3 Å². The largest absolute Gasteiger partial charge is 0.493 e. The molecule has 4 atom stereocenters. The van der Waals surface area contributed by atoms with E-state index in [-0.39, 0.29) is 17.6 Å². The molecular formula is C32H34F2O5. The number of hydrogen-bond donors (Lipinski definition) is 1. The van der Waals surface area contributed by atoms with Crippen molar-refractivity contribution in [2.45, 2.75) is 57.5 Å². The van der Waals surface area contributed by atoms with Crippen LogP contribution in [0, 0.1) is 5.92 Å². The van der Waals surface area contributed by atoms with Gasteiger partial charge in [0.25, 0.3) is 5.92 Å². The standard InChI is InChI=1S/C32H34F2O5/c1-22(35)38-29-19-26(11-6-7-18-37-28-13-8-12-27(20-28)32(2,33)34)30(21-29)39-31(36)25-16-14-24(15-17-25)23-9-4-3-5-10-23/h3-6,8-17,20,22,26,29-30,35H,7,18-19,21H2,1-2H3/b11-6+/t22?,26?,29-,30-/m1/s1. The number of halogens is 2. The Morgan fingerprint density at radius 1 is 1.03 bits per heavy atom. The normalized spacial score (nSPS) is 20.2. The van der Waals surface area contributed by atoms with E-state index in [1.807, 2.05) is 54.6 Å². The molecule has 1 saturated carbocycles. The first-order valence-electron chi connectivity index (χ1n) is 13.2. The Morgan fingerprint density at radius 2 is 1.74 bits per heavy atom. The fraction of sp³-hybridized carbons (Fsp3) is 0.344. The third-order valence-electron chi connectivity index (χ3n) is 6.66. The van der Waals surface area contributed by atoms with Gasteiger partial charge in [0.1, 0.15) is 11.9 Å². The number of alkyl halides is 2. The van der Waals surface area contributed by atoms with Crippen LogP contribution < -0.4 is 4.74 Å². The van der Waals surface area contributed by atoms with Crippen molar-refractivity contribution in [1.29, 1.82) is 0 Å². The second kappa shape index (κ2) is 13.0. The number of carbonyl (C=O) groups excluding carboxylic acids is 1. The van der Waals surface area contributed by atoms with Crippen molar-refractivity contribution >= 4 is 5.97 Å². The Hall–Kier alpha value is -3.55. The topological polar surface area (TPSA) is 65.0 Å². The molecule has 0 aromatic heterocycles. The summed E-state index contributed by atoms with van der Waals surface area (Å²) in [4.78, 5) is 12.9. The maximum atomic E-state index is 13.6. The van der Waals surface area contributed by atoms with Crippen molar-refractivity contribution in [3.8, 4) is 16.9 Å². The minimum atomic E-state index is -2.93. The van der Waals surface area contributed by atoms with E-state index in [2.05, 4.69) is 0 Å². The van der Waals surface area contributed by atoms with Crippen LogP contribution in [0.4, 0.5) is 8.78 Å². The zero-order valence-corrected chi connectivity index (χ0v) is 22.1. The fourth-order valence-corrected chi connectivity index (χ4v) is 4.72. The summed E-state index contributed by atoms with van der Waals surface area (Å²) in [5, 5.41) is 9.68. The minimum absolute atomic E-state index is 0.0926. The first-order chi connectivity index (χ1) is 18.7. The van der Waals surface area contributed by atoms with Gasteiger partial charge in [-0.3, -0.25) is 0 Å². The van der Waals surface area contributed by atoms with Crippen LogP contribution in [-0.4, -0.2) is 36.2 Å². The van der Waals surface area contributed by atoms with E-state index in [0.717, 1.165) is 18.1 Å². The van der Waals surface area contributed by atoms with E-state index in [1.54, 1.807) is 31.2 Å². The minimum Gasteiger partial charge on any atom is -0.493 e. The van der Waals surface area contributed by atoms with E-state index in [9.17, 15) is 18.7 Å². The highest BCUT2D eigenvalue weighted by Gasteiger charge is 2.37. The van der Waals surface area contributed by atoms with Gasteiger partial charge in [-0.15, -0.1) is 0 Å².